The Labute approximate surface area is 113 Å². The van der Waals surface area contributed by atoms with E-state index in [-0.39, 0.29) is 5.69 Å². The summed E-state index contributed by atoms with van der Waals surface area (Å²) in [6, 6.07) is 9.55. The van der Waals surface area contributed by atoms with Gasteiger partial charge in [-0.2, -0.15) is 4.68 Å². The molecule has 0 saturated carbocycles. The van der Waals surface area contributed by atoms with Crippen molar-refractivity contribution in [2.75, 3.05) is 5.88 Å². The molecule has 2 aromatic heterocycles. The largest absolute Gasteiger partial charge is 0.353 e. The number of rotatable bonds is 3. The summed E-state index contributed by atoms with van der Waals surface area (Å²) in [7, 11) is 0. The average molecular weight is 276 g/mol. The number of imidazole rings is 1. The number of aromatic nitrogens is 5. The van der Waals surface area contributed by atoms with Gasteiger partial charge in [-0.1, -0.05) is 35.5 Å². The molecule has 0 saturated heterocycles. The summed E-state index contributed by atoms with van der Waals surface area (Å²) in [6.45, 7) is 0.322. The summed E-state index contributed by atoms with van der Waals surface area (Å²) >= 11 is 5.61. The fourth-order valence-electron chi connectivity index (χ4n) is 1.86. The first-order valence-corrected chi connectivity index (χ1v) is 6.27. The highest BCUT2D eigenvalue weighted by Gasteiger charge is 2.12. The van der Waals surface area contributed by atoms with Gasteiger partial charge in [0.15, 0.2) is 5.65 Å². The van der Waals surface area contributed by atoms with Crippen molar-refractivity contribution in [2.45, 2.75) is 6.54 Å². The number of hydrogen-bond donors (Lipinski definition) is 0. The molecule has 0 aliphatic carbocycles. The van der Waals surface area contributed by atoms with Crippen LogP contribution in [0.4, 0.5) is 0 Å². The minimum absolute atomic E-state index is 0.291. The number of halogens is 1. The van der Waals surface area contributed by atoms with Crippen LogP contribution in [0.25, 0.3) is 16.9 Å². The van der Waals surface area contributed by atoms with Crippen molar-refractivity contribution in [3.8, 4) is 11.3 Å². The second kappa shape index (κ2) is 4.81. The van der Waals surface area contributed by atoms with Crippen molar-refractivity contribution in [3.63, 3.8) is 0 Å². The molecule has 3 rings (SSSR count). The Morgan fingerprint density at radius 3 is 2.74 bits per heavy atom. The van der Waals surface area contributed by atoms with Crippen LogP contribution >= 0.6 is 11.6 Å². The Balaban J connectivity index is 2.21. The Bertz CT molecular complexity index is 765. The molecule has 0 atom stereocenters. The van der Waals surface area contributed by atoms with Crippen molar-refractivity contribution in [1.82, 2.24) is 24.4 Å². The second-order valence-electron chi connectivity index (χ2n) is 3.94. The van der Waals surface area contributed by atoms with Crippen molar-refractivity contribution in [3.05, 3.63) is 47.1 Å². The molecule has 1 aromatic carbocycles. The van der Waals surface area contributed by atoms with Crippen LogP contribution in [0.2, 0.25) is 0 Å². The Hall–Kier alpha value is -2.21. The van der Waals surface area contributed by atoms with Gasteiger partial charge in [-0.3, -0.25) is 0 Å². The first-order chi connectivity index (χ1) is 9.31. The SMILES string of the molecule is O=c1n(CCCl)nnc2c(-c3ccccc3)ncn12. The lowest BCUT2D eigenvalue weighted by atomic mass is 10.2. The molecule has 7 heteroatoms. The summed E-state index contributed by atoms with van der Waals surface area (Å²) in [5.41, 5.74) is 1.69. The fraction of sp³-hybridized carbons (Fsp3) is 0.167. The van der Waals surface area contributed by atoms with E-state index in [1.165, 1.54) is 15.4 Å². The third-order valence-electron chi connectivity index (χ3n) is 2.76. The predicted octanol–water partition coefficient (Wildman–Crippen LogP) is 1.19. The summed E-state index contributed by atoms with van der Waals surface area (Å²) in [5, 5.41) is 7.92. The molecular formula is C12H10ClN5O. The first-order valence-electron chi connectivity index (χ1n) is 5.73. The molecule has 0 amide bonds. The fourth-order valence-corrected chi connectivity index (χ4v) is 2.02. The topological polar surface area (TPSA) is 65.1 Å². The van der Waals surface area contributed by atoms with E-state index in [1.54, 1.807) is 0 Å². The minimum atomic E-state index is -0.291. The average Bonchev–Trinajstić information content (AvgIpc) is 2.88. The highest BCUT2D eigenvalue weighted by molar-refractivity contribution is 6.17. The Morgan fingerprint density at radius 2 is 2.00 bits per heavy atom. The van der Waals surface area contributed by atoms with Gasteiger partial charge < -0.3 is 0 Å². The van der Waals surface area contributed by atoms with E-state index in [2.05, 4.69) is 15.3 Å². The van der Waals surface area contributed by atoms with E-state index in [9.17, 15) is 4.79 Å². The zero-order chi connectivity index (χ0) is 13.2. The molecule has 0 N–H and O–H groups in total. The van der Waals surface area contributed by atoms with E-state index in [4.69, 9.17) is 11.6 Å². The minimum Gasteiger partial charge on any atom is -0.245 e. The van der Waals surface area contributed by atoms with E-state index in [0.29, 0.717) is 23.8 Å². The van der Waals surface area contributed by atoms with Crippen LogP contribution in [-0.4, -0.2) is 30.3 Å². The maximum absolute atomic E-state index is 12.1. The lowest BCUT2D eigenvalue weighted by molar-refractivity contribution is 0.546. The van der Waals surface area contributed by atoms with Crippen molar-refractivity contribution in [1.29, 1.82) is 0 Å². The molecule has 0 fully saturated rings. The van der Waals surface area contributed by atoms with E-state index < -0.39 is 0 Å². The van der Waals surface area contributed by atoms with Gasteiger partial charge in [0.2, 0.25) is 0 Å². The second-order valence-corrected chi connectivity index (χ2v) is 4.31. The predicted molar refractivity (Wildman–Crippen MR) is 71.2 cm³/mol. The molecule has 19 heavy (non-hydrogen) atoms. The third kappa shape index (κ3) is 2.00. The quantitative estimate of drug-likeness (QED) is 0.674. The number of benzene rings is 1. The van der Waals surface area contributed by atoms with Crippen molar-refractivity contribution < 1.29 is 0 Å². The first kappa shape index (κ1) is 11.9. The lowest BCUT2D eigenvalue weighted by Gasteiger charge is -2.01. The highest BCUT2D eigenvalue weighted by Crippen LogP contribution is 2.19. The van der Waals surface area contributed by atoms with Crippen LogP contribution < -0.4 is 5.69 Å². The molecule has 0 bridgehead atoms. The Kier molecular flexibility index (Phi) is 3.00. The van der Waals surface area contributed by atoms with Crippen molar-refractivity contribution >= 4 is 17.2 Å². The van der Waals surface area contributed by atoms with E-state index in [0.717, 1.165) is 5.56 Å². The van der Waals surface area contributed by atoms with Gasteiger partial charge in [0.05, 0.1) is 6.54 Å². The zero-order valence-electron chi connectivity index (χ0n) is 9.90. The third-order valence-corrected chi connectivity index (χ3v) is 2.93. The van der Waals surface area contributed by atoms with E-state index in [1.807, 2.05) is 30.3 Å². The highest BCUT2D eigenvalue weighted by atomic mass is 35.5. The number of nitrogens with zero attached hydrogens (tertiary/aromatic N) is 5. The van der Waals surface area contributed by atoms with Crippen LogP contribution in [-0.2, 0) is 6.54 Å². The molecule has 0 aliphatic rings. The molecule has 2 heterocycles. The Morgan fingerprint density at radius 1 is 1.21 bits per heavy atom. The lowest BCUT2D eigenvalue weighted by Crippen LogP contribution is -2.30. The normalized spacial score (nSPS) is 11.0. The zero-order valence-corrected chi connectivity index (χ0v) is 10.7. The van der Waals surface area contributed by atoms with Gasteiger partial charge in [0, 0.05) is 11.4 Å². The van der Waals surface area contributed by atoms with Gasteiger partial charge in [0.25, 0.3) is 0 Å². The standard InChI is InChI=1S/C12H10ClN5O/c13-6-7-18-12(19)17-8-14-10(11(17)15-16-18)9-4-2-1-3-5-9/h1-5,8H,6-7H2. The molecule has 0 aliphatic heterocycles. The number of hydrogen-bond acceptors (Lipinski definition) is 4. The van der Waals surface area contributed by atoms with Crippen molar-refractivity contribution in [2.24, 2.45) is 0 Å². The molecule has 0 spiro atoms. The van der Waals surface area contributed by atoms with Crippen LogP contribution in [0.5, 0.6) is 0 Å². The molecule has 6 nitrogen and oxygen atoms in total. The maximum Gasteiger partial charge on any atom is 0.353 e. The maximum atomic E-state index is 12.1. The summed E-state index contributed by atoms with van der Waals surface area (Å²) < 4.78 is 2.60. The van der Waals surface area contributed by atoms with Crippen LogP contribution in [0.15, 0.2) is 41.5 Å². The summed E-state index contributed by atoms with van der Waals surface area (Å²) in [5.74, 6) is 0.306. The molecule has 96 valence electrons. The summed E-state index contributed by atoms with van der Waals surface area (Å²) in [6.07, 6.45) is 1.46. The monoisotopic (exact) mass is 275 g/mol. The number of aryl methyl sites for hydroxylation is 1. The smallest absolute Gasteiger partial charge is 0.245 e. The van der Waals surface area contributed by atoms with Gasteiger partial charge in [-0.05, 0) is 0 Å². The summed E-state index contributed by atoms with van der Waals surface area (Å²) in [4.78, 5) is 16.3. The van der Waals surface area contributed by atoms with Gasteiger partial charge >= 0.3 is 5.69 Å². The van der Waals surface area contributed by atoms with Gasteiger partial charge in [0.1, 0.15) is 12.0 Å². The van der Waals surface area contributed by atoms with Gasteiger partial charge in [-0.15, -0.1) is 16.7 Å². The molecule has 3 aromatic rings. The number of fused-ring (bicyclic) bond motifs is 1. The van der Waals surface area contributed by atoms with Crippen LogP contribution in [0.1, 0.15) is 0 Å². The molecule has 0 radical (unpaired) electrons. The van der Waals surface area contributed by atoms with Gasteiger partial charge in [-0.25, -0.2) is 14.2 Å². The van der Waals surface area contributed by atoms with E-state index >= 15 is 0 Å². The molecular weight excluding hydrogens is 266 g/mol. The number of alkyl halides is 1. The molecule has 0 unspecified atom stereocenters. The van der Waals surface area contributed by atoms with Crippen LogP contribution in [0, 0.1) is 0 Å². The van der Waals surface area contributed by atoms with Crippen LogP contribution in [0.3, 0.4) is 0 Å².